The highest BCUT2D eigenvalue weighted by Crippen LogP contribution is 2.23. The topological polar surface area (TPSA) is 76.1 Å². The van der Waals surface area contributed by atoms with Crippen molar-refractivity contribution in [1.29, 1.82) is 0 Å². The highest BCUT2D eigenvalue weighted by molar-refractivity contribution is 5.70. The summed E-state index contributed by atoms with van der Waals surface area (Å²) in [7, 11) is 0. The molecule has 110 valence electrons. The normalized spacial score (nSPS) is 23.3. The van der Waals surface area contributed by atoms with Gasteiger partial charge in [0.05, 0.1) is 19.2 Å². The second kappa shape index (κ2) is 6.23. The van der Waals surface area contributed by atoms with Crippen molar-refractivity contribution in [1.82, 2.24) is 4.90 Å². The number of carbonyl (C=O) groups is 2. The summed E-state index contributed by atoms with van der Waals surface area (Å²) in [6.45, 7) is 7.16. The molecule has 1 N–H and O–H groups in total. The zero-order chi connectivity index (χ0) is 14.6. The van der Waals surface area contributed by atoms with Crippen molar-refractivity contribution in [3.63, 3.8) is 0 Å². The second-order valence-corrected chi connectivity index (χ2v) is 5.67. The van der Waals surface area contributed by atoms with Crippen LogP contribution < -0.4 is 0 Å². The summed E-state index contributed by atoms with van der Waals surface area (Å²) in [5.41, 5.74) is -0.588. The van der Waals surface area contributed by atoms with Crippen molar-refractivity contribution in [2.45, 2.75) is 58.3 Å². The quantitative estimate of drug-likeness (QED) is 0.785. The summed E-state index contributed by atoms with van der Waals surface area (Å²) in [4.78, 5) is 24.7. The second-order valence-electron chi connectivity index (χ2n) is 5.67. The largest absolute Gasteiger partial charge is 0.460 e. The molecule has 1 aliphatic heterocycles. The Labute approximate surface area is 113 Å². The predicted octanol–water partition coefficient (Wildman–Crippen LogP) is 1.31. The number of aliphatic hydroxyl groups is 1. The molecule has 0 aromatic rings. The molecule has 6 nitrogen and oxygen atoms in total. The third kappa shape index (κ3) is 4.70. The van der Waals surface area contributed by atoms with Gasteiger partial charge in [-0.05, 0) is 20.8 Å². The Kier molecular flexibility index (Phi) is 5.17. The Morgan fingerprint density at radius 1 is 1.37 bits per heavy atom. The lowest BCUT2D eigenvalue weighted by atomic mass is 10.2. The van der Waals surface area contributed by atoms with Crippen molar-refractivity contribution < 1.29 is 24.2 Å². The molecule has 1 aliphatic rings. The molecule has 0 bridgehead atoms. The molecule has 0 aromatic heterocycles. The van der Waals surface area contributed by atoms with Crippen LogP contribution in [0.25, 0.3) is 0 Å². The molecule has 0 saturated carbocycles. The van der Waals surface area contributed by atoms with Crippen molar-refractivity contribution in [3.05, 3.63) is 0 Å². The molecule has 1 amide bonds. The van der Waals surface area contributed by atoms with E-state index in [1.165, 1.54) is 4.90 Å². The maximum atomic E-state index is 12.0. The number of aliphatic hydroxyl groups excluding tert-OH is 1. The van der Waals surface area contributed by atoms with Gasteiger partial charge in [-0.2, -0.15) is 0 Å². The maximum Gasteiger partial charge on any atom is 0.410 e. The van der Waals surface area contributed by atoms with Crippen LogP contribution in [0, 0.1) is 0 Å². The molecule has 0 aliphatic carbocycles. The number of hydrogen-bond acceptors (Lipinski definition) is 5. The van der Waals surface area contributed by atoms with Gasteiger partial charge in [0.15, 0.2) is 0 Å². The van der Waals surface area contributed by atoms with Gasteiger partial charge in [-0.15, -0.1) is 0 Å². The third-order valence-electron chi connectivity index (χ3n) is 2.80. The molecule has 0 aromatic carbocycles. The highest BCUT2D eigenvalue weighted by Gasteiger charge is 2.38. The fraction of sp³-hybridized carbons (Fsp3) is 0.846. The number of hydrogen-bond donors (Lipinski definition) is 1. The summed E-state index contributed by atoms with van der Waals surface area (Å²) >= 11 is 0. The molecule has 2 unspecified atom stereocenters. The van der Waals surface area contributed by atoms with Gasteiger partial charge >= 0.3 is 12.1 Å². The Hall–Kier alpha value is -1.30. The smallest absolute Gasteiger partial charge is 0.410 e. The Morgan fingerprint density at radius 3 is 2.47 bits per heavy atom. The van der Waals surface area contributed by atoms with Crippen LogP contribution in [0.2, 0.25) is 0 Å². The number of esters is 1. The van der Waals surface area contributed by atoms with Gasteiger partial charge < -0.3 is 14.6 Å². The van der Waals surface area contributed by atoms with Crippen LogP contribution in [0.3, 0.4) is 0 Å². The van der Waals surface area contributed by atoms with E-state index in [2.05, 4.69) is 0 Å². The molecule has 1 saturated heterocycles. The lowest BCUT2D eigenvalue weighted by molar-refractivity contribution is -0.148. The first-order chi connectivity index (χ1) is 8.76. The monoisotopic (exact) mass is 273 g/mol. The van der Waals surface area contributed by atoms with Crippen LogP contribution in [-0.4, -0.2) is 53.0 Å². The first kappa shape index (κ1) is 15.8. The number of ether oxygens (including phenoxy) is 2. The number of amides is 1. The molecular weight excluding hydrogens is 250 g/mol. The lowest BCUT2D eigenvalue weighted by Crippen LogP contribution is -2.41. The van der Waals surface area contributed by atoms with E-state index in [1.54, 1.807) is 27.7 Å². The summed E-state index contributed by atoms with van der Waals surface area (Å²) in [6, 6.07) is -0.357. The number of rotatable bonds is 3. The van der Waals surface area contributed by atoms with E-state index in [0.717, 1.165) is 0 Å². The SMILES string of the molecule is CCC(=O)OC1CC(CO)N(C(=O)OC(C)(C)C)C1. The molecular formula is C13H23NO5. The molecule has 6 heteroatoms. The summed E-state index contributed by atoms with van der Waals surface area (Å²) in [6.07, 6.45) is -0.104. The van der Waals surface area contributed by atoms with E-state index < -0.39 is 11.7 Å². The van der Waals surface area contributed by atoms with Gasteiger partial charge in [0.25, 0.3) is 0 Å². The molecule has 0 spiro atoms. The van der Waals surface area contributed by atoms with E-state index in [-0.39, 0.29) is 31.3 Å². The van der Waals surface area contributed by atoms with E-state index in [4.69, 9.17) is 9.47 Å². The average Bonchev–Trinajstić information content (AvgIpc) is 2.69. The Morgan fingerprint density at radius 2 is 2.00 bits per heavy atom. The van der Waals surface area contributed by atoms with E-state index in [0.29, 0.717) is 12.8 Å². The van der Waals surface area contributed by atoms with E-state index in [1.807, 2.05) is 0 Å². The van der Waals surface area contributed by atoms with Crippen LogP contribution in [0.5, 0.6) is 0 Å². The van der Waals surface area contributed by atoms with Crippen molar-refractivity contribution in [3.8, 4) is 0 Å². The fourth-order valence-electron chi connectivity index (χ4n) is 1.95. The Bertz CT molecular complexity index is 336. The van der Waals surface area contributed by atoms with Gasteiger partial charge in [0.2, 0.25) is 0 Å². The van der Waals surface area contributed by atoms with Gasteiger partial charge in [0.1, 0.15) is 11.7 Å². The first-order valence-electron chi connectivity index (χ1n) is 6.56. The van der Waals surface area contributed by atoms with Crippen LogP contribution >= 0.6 is 0 Å². The first-order valence-corrected chi connectivity index (χ1v) is 6.56. The van der Waals surface area contributed by atoms with Gasteiger partial charge in [-0.25, -0.2) is 4.79 Å². The van der Waals surface area contributed by atoms with Gasteiger partial charge in [-0.1, -0.05) is 6.92 Å². The van der Waals surface area contributed by atoms with Crippen molar-refractivity contribution in [2.24, 2.45) is 0 Å². The molecule has 1 fully saturated rings. The van der Waals surface area contributed by atoms with E-state index >= 15 is 0 Å². The molecule has 2 atom stereocenters. The number of nitrogens with zero attached hydrogens (tertiary/aromatic N) is 1. The number of likely N-dealkylation sites (tertiary alicyclic amines) is 1. The zero-order valence-corrected chi connectivity index (χ0v) is 12.0. The standard InChI is InChI=1S/C13H23NO5/c1-5-11(16)18-10-6-9(8-15)14(7-10)12(17)19-13(2,3)4/h9-10,15H,5-8H2,1-4H3. The summed E-state index contributed by atoms with van der Waals surface area (Å²) < 4.78 is 10.5. The fourth-order valence-corrected chi connectivity index (χ4v) is 1.95. The zero-order valence-electron chi connectivity index (χ0n) is 12.0. The number of carbonyl (C=O) groups excluding carboxylic acids is 2. The molecule has 0 radical (unpaired) electrons. The van der Waals surface area contributed by atoms with E-state index in [9.17, 15) is 14.7 Å². The Balaban J connectivity index is 2.62. The minimum atomic E-state index is -0.588. The average molecular weight is 273 g/mol. The highest BCUT2D eigenvalue weighted by atomic mass is 16.6. The third-order valence-corrected chi connectivity index (χ3v) is 2.80. The maximum absolute atomic E-state index is 12.0. The lowest BCUT2D eigenvalue weighted by Gasteiger charge is -2.27. The molecule has 1 heterocycles. The van der Waals surface area contributed by atoms with Crippen LogP contribution in [-0.2, 0) is 14.3 Å². The van der Waals surface area contributed by atoms with Crippen molar-refractivity contribution in [2.75, 3.05) is 13.2 Å². The van der Waals surface area contributed by atoms with Gasteiger partial charge in [0, 0.05) is 12.8 Å². The minimum absolute atomic E-state index is 0.167. The van der Waals surface area contributed by atoms with Crippen LogP contribution in [0.4, 0.5) is 4.79 Å². The van der Waals surface area contributed by atoms with Crippen LogP contribution in [0.15, 0.2) is 0 Å². The molecule has 19 heavy (non-hydrogen) atoms. The summed E-state index contributed by atoms with van der Waals surface area (Å²) in [5, 5.41) is 9.30. The van der Waals surface area contributed by atoms with Crippen molar-refractivity contribution >= 4 is 12.1 Å². The predicted molar refractivity (Wildman–Crippen MR) is 68.6 cm³/mol. The molecule has 1 rings (SSSR count). The summed E-state index contributed by atoms with van der Waals surface area (Å²) in [5.74, 6) is -0.298. The minimum Gasteiger partial charge on any atom is -0.460 e. The van der Waals surface area contributed by atoms with Crippen LogP contribution in [0.1, 0.15) is 40.5 Å². The van der Waals surface area contributed by atoms with Gasteiger partial charge in [-0.3, -0.25) is 9.69 Å².